The molecule has 30 heavy (non-hydrogen) atoms. The van der Waals surface area contributed by atoms with Gasteiger partial charge >= 0.3 is 5.69 Å². The second kappa shape index (κ2) is 7.72. The van der Waals surface area contributed by atoms with Crippen LogP contribution in [0, 0.1) is 19.7 Å². The van der Waals surface area contributed by atoms with Crippen molar-refractivity contribution in [3.63, 3.8) is 0 Å². The number of anilines is 1. The summed E-state index contributed by atoms with van der Waals surface area (Å²) in [6, 6.07) is 13.0. The minimum atomic E-state index is -0.507. The second-order valence-electron chi connectivity index (χ2n) is 6.87. The molecule has 0 aliphatic rings. The highest BCUT2D eigenvalue weighted by molar-refractivity contribution is 6.30. The van der Waals surface area contributed by atoms with E-state index in [2.05, 4.69) is 15.4 Å². The molecule has 2 aromatic heterocycles. The molecule has 0 fully saturated rings. The van der Waals surface area contributed by atoms with E-state index in [1.807, 2.05) is 0 Å². The van der Waals surface area contributed by atoms with Crippen LogP contribution in [0.15, 0.2) is 53.3 Å². The van der Waals surface area contributed by atoms with Gasteiger partial charge in [0, 0.05) is 28.0 Å². The summed E-state index contributed by atoms with van der Waals surface area (Å²) >= 11 is 5.95. The lowest BCUT2D eigenvalue weighted by atomic mass is 10.2. The topological polar surface area (TPSA) is 81.3 Å². The monoisotopic (exact) mass is 425 g/mol. The summed E-state index contributed by atoms with van der Waals surface area (Å²) in [6.45, 7) is 3.10. The van der Waals surface area contributed by atoms with Crippen LogP contribution in [0.2, 0.25) is 5.02 Å². The van der Waals surface area contributed by atoms with E-state index in [1.54, 1.807) is 56.3 Å². The van der Waals surface area contributed by atoms with Crippen LogP contribution in [-0.4, -0.2) is 25.1 Å². The molecule has 9 heteroatoms. The molecule has 0 saturated carbocycles. The van der Waals surface area contributed by atoms with Crippen molar-refractivity contribution in [3.8, 4) is 11.4 Å². The highest BCUT2D eigenvalue weighted by Gasteiger charge is 2.16. The quantitative estimate of drug-likeness (QED) is 0.541. The number of amides is 1. The zero-order chi connectivity index (χ0) is 21.4. The zero-order valence-electron chi connectivity index (χ0n) is 16.2. The van der Waals surface area contributed by atoms with Gasteiger partial charge in [-0.2, -0.15) is 0 Å². The van der Waals surface area contributed by atoms with Crippen LogP contribution in [0.5, 0.6) is 0 Å². The fourth-order valence-electron chi connectivity index (χ4n) is 3.06. The number of aryl methyl sites for hydroxylation is 2. The van der Waals surface area contributed by atoms with E-state index in [0.29, 0.717) is 39.0 Å². The summed E-state index contributed by atoms with van der Waals surface area (Å²) in [4.78, 5) is 29.8. The lowest BCUT2D eigenvalue weighted by molar-refractivity contribution is -0.117. The number of benzene rings is 2. The van der Waals surface area contributed by atoms with Crippen LogP contribution in [0.1, 0.15) is 11.3 Å². The van der Waals surface area contributed by atoms with Gasteiger partial charge in [-0.25, -0.2) is 23.3 Å². The van der Waals surface area contributed by atoms with Gasteiger partial charge in [0.2, 0.25) is 5.91 Å². The van der Waals surface area contributed by atoms with Crippen molar-refractivity contribution in [2.75, 3.05) is 5.32 Å². The van der Waals surface area contributed by atoms with Gasteiger partial charge in [-0.05, 0) is 55.8 Å². The average Bonchev–Trinajstić information content (AvgIpc) is 2.99. The molecule has 7 nitrogen and oxygen atoms in total. The number of fused-ring (bicyclic) bond motifs is 1. The molecule has 0 saturated heterocycles. The van der Waals surface area contributed by atoms with E-state index in [0.717, 1.165) is 4.68 Å². The molecule has 0 atom stereocenters. The first-order chi connectivity index (χ1) is 14.3. The molecule has 2 heterocycles. The van der Waals surface area contributed by atoms with Crippen molar-refractivity contribution in [2.24, 2.45) is 0 Å². The van der Waals surface area contributed by atoms with E-state index >= 15 is 0 Å². The third-order valence-corrected chi connectivity index (χ3v) is 4.80. The molecule has 2 aromatic carbocycles. The number of hydrogen-bond donors (Lipinski definition) is 1. The molecule has 0 radical (unpaired) electrons. The van der Waals surface area contributed by atoms with Crippen LogP contribution in [0.4, 0.5) is 10.1 Å². The van der Waals surface area contributed by atoms with Gasteiger partial charge in [0.1, 0.15) is 18.2 Å². The number of hydrogen-bond acceptors (Lipinski definition) is 4. The number of carbonyl (C=O) groups excluding carboxylic acids is 1. The molecule has 0 bridgehead atoms. The highest BCUT2D eigenvalue weighted by atomic mass is 35.5. The average molecular weight is 426 g/mol. The number of nitrogens with one attached hydrogen (secondary N) is 1. The van der Waals surface area contributed by atoms with Crippen LogP contribution in [-0.2, 0) is 11.3 Å². The Morgan fingerprint density at radius 3 is 2.57 bits per heavy atom. The molecule has 0 aliphatic carbocycles. The number of aromatic nitrogens is 4. The summed E-state index contributed by atoms with van der Waals surface area (Å²) < 4.78 is 16.1. The highest BCUT2D eigenvalue weighted by Crippen LogP contribution is 2.20. The number of carbonyl (C=O) groups is 1. The first-order valence-electron chi connectivity index (χ1n) is 9.11. The smallest absolute Gasteiger partial charge is 0.324 e. The van der Waals surface area contributed by atoms with Crippen molar-refractivity contribution in [1.29, 1.82) is 0 Å². The number of halogens is 2. The predicted molar refractivity (Wildman–Crippen MR) is 112 cm³/mol. The normalized spacial score (nSPS) is 11.1. The summed E-state index contributed by atoms with van der Waals surface area (Å²) in [5.74, 6) is -0.521. The van der Waals surface area contributed by atoms with Crippen LogP contribution in [0.3, 0.4) is 0 Å². The Bertz CT molecular complexity index is 1330. The van der Waals surface area contributed by atoms with Crippen molar-refractivity contribution in [3.05, 3.63) is 81.1 Å². The minimum Gasteiger partial charge on any atom is -0.324 e. The largest absolute Gasteiger partial charge is 0.352 e. The Morgan fingerprint density at radius 1 is 1.13 bits per heavy atom. The van der Waals surface area contributed by atoms with Gasteiger partial charge in [-0.1, -0.05) is 17.7 Å². The third-order valence-electron chi connectivity index (χ3n) is 4.55. The van der Waals surface area contributed by atoms with Gasteiger partial charge in [-0.3, -0.25) is 4.79 Å². The summed E-state index contributed by atoms with van der Waals surface area (Å²) in [5.41, 5.74) is 2.00. The van der Waals surface area contributed by atoms with Gasteiger partial charge in [-0.15, -0.1) is 5.10 Å². The molecule has 4 aromatic rings. The summed E-state index contributed by atoms with van der Waals surface area (Å²) in [7, 11) is 0. The molecule has 4 rings (SSSR count). The van der Waals surface area contributed by atoms with E-state index < -0.39 is 17.4 Å². The molecule has 0 aliphatic heterocycles. The lowest BCUT2D eigenvalue weighted by Crippen LogP contribution is -2.28. The van der Waals surface area contributed by atoms with Gasteiger partial charge in [0.05, 0.1) is 0 Å². The molecular weight excluding hydrogens is 409 g/mol. The van der Waals surface area contributed by atoms with E-state index in [1.165, 1.54) is 10.5 Å². The lowest BCUT2D eigenvalue weighted by Gasteiger charge is -2.06. The SMILES string of the molecule is Cc1cc2nn(CC(=O)Nc3ccc(C)c(F)c3)c(=O)n2c(-c2ccc(Cl)cc2)n1. The summed E-state index contributed by atoms with van der Waals surface area (Å²) in [6.07, 6.45) is 0. The van der Waals surface area contributed by atoms with Crippen LogP contribution < -0.4 is 11.0 Å². The van der Waals surface area contributed by atoms with Crippen molar-refractivity contribution in [1.82, 2.24) is 19.2 Å². The Labute approximate surface area is 175 Å². The molecule has 1 amide bonds. The van der Waals surface area contributed by atoms with Crippen molar-refractivity contribution >= 4 is 28.8 Å². The first kappa shape index (κ1) is 19.8. The van der Waals surface area contributed by atoms with Crippen molar-refractivity contribution in [2.45, 2.75) is 20.4 Å². The first-order valence-corrected chi connectivity index (χ1v) is 9.49. The van der Waals surface area contributed by atoms with E-state index in [4.69, 9.17) is 11.6 Å². The summed E-state index contributed by atoms with van der Waals surface area (Å²) in [5, 5.41) is 7.40. The molecule has 0 unspecified atom stereocenters. The van der Waals surface area contributed by atoms with Crippen LogP contribution >= 0.6 is 11.6 Å². The van der Waals surface area contributed by atoms with Crippen molar-refractivity contribution < 1.29 is 9.18 Å². The molecule has 0 spiro atoms. The maximum atomic E-state index is 13.7. The second-order valence-corrected chi connectivity index (χ2v) is 7.31. The number of nitrogens with zero attached hydrogens (tertiary/aromatic N) is 4. The predicted octanol–water partition coefficient (Wildman–Crippen LogP) is 3.61. The fraction of sp³-hybridized carbons (Fsp3) is 0.143. The molecular formula is C21H17ClFN5O2. The Balaban J connectivity index is 1.68. The standard InChI is InChI=1S/C21H17ClFN5O2/c1-12-3-8-16(10-17(12)23)25-19(29)11-27-21(30)28-18(26-27)9-13(2)24-20(28)14-4-6-15(22)7-5-14/h3-10H,11H2,1-2H3,(H,25,29). The molecule has 152 valence electrons. The zero-order valence-corrected chi connectivity index (χ0v) is 16.9. The van der Waals surface area contributed by atoms with E-state index in [-0.39, 0.29) is 6.54 Å². The minimum absolute atomic E-state index is 0.305. The van der Waals surface area contributed by atoms with Gasteiger partial charge in [0.25, 0.3) is 0 Å². The Hall–Kier alpha value is -3.52. The van der Waals surface area contributed by atoms with E-state index in [9.17, 15) is 14.0 Å². The van der Waals surface area contributed by atoms with Gasteiger partial charge in [0.15, 0.2) is 5.65 Å². The fourth-order valence-corrected chi connectivity index (χ4v) is 3.18. The maximum absolute atomic E-state index is 13.7. The third kappa shape index (κ3) is 3.81. The number of rotatable bonds is 4. The Kier molecular flexibility index (Phi) is 5.09. The maximum Gasteiger partial charge on any atom is 0.352 e. The molecule has 1 N–H and O–H groups in total. The van der Waals surface area contributed by atoms with Crippen LogP contribution in [0.25, 0.3) is 17.0 Å². The Morgan fingerprint density at radius 2 is 1.87 bits per heavy atom. The van der Waals surface area contributed by atoms with Gasteiger partial charge < -0.3 is 5.32 Å².